The zero-order valence-electron chi connectivity index (χ0n) is 14.1. The van der Waals surface area contributed by atoms with Gasteiger partial charge in [0.05, 0.1) is 5.69 Å². The van der Waals surface area contributed by atoms with Gasteiger partial charge in [-0.05, 0) is 42.8 Å². The van der Waals surface area contributed by atoms with E-state index in [2.05, 4.69) is 15.0 Å². The van der Waals surface area contributed by atoms with Crippen molar-refractivity contribution in [2.75, 3.05) is 13.1 Å². The van der Waals surface area contributed by atoms with Crippen molar-refractivity contribution in [2.45, 2.75) is 12.8 Å². The van der Waals surface area contributed by atoms with Gasteiger partial charge in [0, 0.05) is 54.3 Å². The second-order valence-electron chi connectivity index (χ2n) is 6.19. The minimum absolute atomic E-state index is 0.0892. The minimum Gasteiger partial charge on any atom is -0.338 e. The maximum Gasteiger partial charge on any atom is 0.253 e. The molecule has 0 atom stereocenters. The first kappa shape index (κ1) is 16.3. The number of aromatic nitrogens is 3. The maximum atomic E-state index is 13.1. The molecule has 0 unspecified atom stereocenters. The third-order valence-corrected chi connectivity index (χ3v) is 4.60. The highest BCUT2D eigenvalue weighted by atomic mass is 19.1. The fraction of sp³-hybridized carbons (Fsp3) is 0.200. The third-order valence-electron chi connectivity index (χ3n) is 4.60. The molecule has 130 valence electrons. The summed E-state index contributed by atoms with van der Waals surface area (Å²) in [5, 5.41) is 0. The van der Waals surface area contributed by atoms with Crippen LogP contribution in [-0.2, 0) is 12.8 Å². The van der Waals surface area contributed by atoms with Crippen molar-refractivity contribution in [3.05, 3.63) is 77.8 Å². The van der Waals surface area contributed by atoms with Crippen molar-refractivity contribution in [3.63, 3.8) is 0 Å². The molecule has 0 saturated carbocycles. The van der Waals surface area contributed by atoms with E-state index in [1.54, 1.807) is 23.6 Å². The zero-order chi connectivity index (χ0) is 17.9. The van der Waals surface area contributed by atoms with E-state index < -0.39 is 0 Å². The van der Waals surface area contributed by atoms with Gasteiger partial charge in [-0.15, -0.1) is 0 Å². The number of benzene rings is 1. The number of nitrogens with zero attached hydrogens (tertiary/aromatic N) is 4. The van der Waals surface area contributed by atoms with Crippen LogP contribution in [0.2, 0.25) is 0 Å². The van der Waals surface area contributed by atoms with Gasteiger partial charge in [0.15, 0.2) is 0 Å². The Balaban J connectivity index is 1.60. The molecule has 6 heteroatoms. The minimum atomic E-state index is -0.346. The van der Waals surface area contributed by atoms with Crippen molar-refractivity contribution in [1.82, 2.24) is 19.9 Å². The normalized spacial score (nSPS) is 13.8. The van der Waals surface area contributed by atoms with Gasteiger partial charge in [-0.25, -0.2) is 14.4 Å². The number of carbonyl (C=O) groups is 1. The molecular weight excluding hydrogens is 331 g/mol. The predicted octanol–water partition coefficient (Wildman–Crippen LogP) is 2.92. The van der Waals surface area contributed by atoms with Gasteiger partial charge < -0.3 is 4.90 Å². The van der Waals surface area contributed by atoms with Crippen molar-refractivity contribution in [3.8, 4) is 11.3 Å². The summed E-state index contributed by atoms with van der Waals surface area (Å²) in [6.45, 7) is 1.15. The largest absolute Gasteiger partial charge is 0.338 e. The molecule has 2 aromatic heterocycles. The lowest BCUT2D eigenvalue weighted by Crippen LogP contribution is -2.33. The summed E-state index contributed by atoms with van der Waals surface area (Å²) in [6.07, 6.45) is 6.42. The average molecular weight is 348 g/mol. The number of rotatable bonds is 2. The van der Waals surface area contributed by atoms with Gasteiger partial charge in [-0.2, -0.15) is 0 Å². The van der Waals surface area contributed by atoms with E-state index in [0.29, 0.717) is 31.5 Å². The van der Waals surface area contributed by atoms with Crippen LogP contribution in [0.1, 0.15) is 21.6 Å². The van der Waals surface area contributed by atoms with E-state index in [0.717, 1.165) is 22.5 Å². The van der Waals surface area contributed by atoms with Crippen LogP contribution in [0.25, 0.3) is 11.3 Å². The molecule has 4 rings (SSSR count). The Hall–Kier alpha value is -3.15. The quantitative estimate of drug-likeness (QED) is 0.714. The second kappa shape index (κ2) is 7.00. The van der Waals surface area contributed by atoms with E-state index in [1.807, 2.05) is 12.1 Å². The molecule has 1 aromatic carbocycles. The lowest BCUT2D eigenvalue weighted by Gasteiger charge is -2.20. The molecule has 0 fully saturated rings. The van der Waals surface area contributed by atoms with E-state index in [4.69, 9.17) is 0 Å². The van der Waals surface area contributed by atoms with Crippen LogP contribution in [-0.4, -0.2) is 38.8 Å². The lowest BCUT2D eigenvalue weighted by atomic mass is 10.0. The Morgan fingerprint density at radius 2 is 1.85 bits per heavy atom. The fourth-order valence-electron chi connectivity index (χ4n) is 3.26. The van der Waals surface area contributed by atoms with Crippen molar-refractivity contribution in [2.24, 2.45) is 0 Å². The number of fused-ring (bicyclic) bond motifs is 1. The summed E-state index contributed by atoms with van der Waals surface area (Å²) in [5.41, 5.74) is 4.35. The van der Waals surface area contributed by atoms with Crippen LogP contribution < -0.4 is 0 Å². The zero-order valence-corrected chi connectivity index (χ0v) is 14.1. The summed E-state index contributed by atoms with van der Waals surface area (Å²) in [7, 11) is 0. The molecule has 0 bridgehead atoms. The molecule has 3 heterocycles. The molecule has 0 N–H and O–H groups in total. The van der Waals surface area contributed by atoms with Crippen molar-refractivity contribution >= 4 is 5.91 Å². The fourth-order valence-corrected chi connectivity index (χ4v) is 3.26. The predicted molar refractivity (Wildman–Crippen MR) is 95.0 cm³/mol. The molecule has 0 spiro atoms. The van der Waals surface area contributed by atoms with Gasteiger partial charge in [0.25, 0.3) is 5.91 Å². The van der Waals surface area contributed by atoms with Gasteiger partial charge in [0.2, 0.25) is 0 Å². The lowest BCUT2D eigenvalue weighted by molar-refractivity contribution is 0.0763. The van der Waals surface area contributed by atoms with Gasteiger partial charge in [-0.1, -0.05) is 0 Å². The number of halogens is 1. The summed E-state index contributed by atoms with van der Waals surface area (Å²) in [4.78, 5) is 27.6. The molecule has 1 amide bonds. The molecule has 3 aromatic rings. The molecule has 1 aliphatic heterocycles. The summed E-state index contributed by atoms with van der Waals surface area (Å²) in [5.74, 6) is -0.435. The topological polar surface area (TPSA) is 59.0 Å². The first-order chi connectivity index (χ1) is 12.7. The van der Waals surface area contributed by atoms with Gasteiger partial charge >= 0.3 is 0 Å². The number of carbonyl (C=O) groups excluding carboxylic acids is 1. The van der Waals surface area contributed by atoms with E-state index in [-0.39, 0.29) is 11.7 Å². The summed E-state index contributed by atoms with van der Waals surface area (Å²) < 4.78 is 13.1. The molecular formula is C20H17FN4O. The Labute approximate surface area is 150 Å². The monoisotopic (exact) mass is 348 g/mol. The van der Waals surface area contributed by atoms with E-state index >= 15 is 0 Å². The average Bonchev–Trinajstić information content (AvgIpc) is 2.91. The molecule has 0 radical (unpaired) electrons. The summed E-state index contributed by atoms with van der Waals surface area (Å²) >= 11 is 0. The van der Waals surface area contributed by atoms with E-state index in [9.17, 15) is 9.18 Å². The molecule has 26 heavy (non-hydrogen) atoms. The van der Waals surface area contributed by atoms with Crippen molar-refractivity contribution < 1.29 is 9.18 Å². The number of pyridine rings is 1. The highest BCUT2D eigenvalue weighted by molar-refractivity contribution is 5.94. The molecule has 5 nitrogen and oxygen atoms in total. The number of hydrogen-bond acceptors (Lipinski definition) is 4. The van der Waals surface area contributed by atoms with Gasteiger partial charge in [0.1, 0.15) is 12.1 Å². The Morgan fingerprint density at radius 1 is 1.04 bits per heavy atom. The third kappa shape index (κ3) is 3.18. The first-order valence-electron chi connectivity index (χ1n) is 8.50. The Morgan fingerprint density at radius 3 is 2.62 bits per heavy atom. The molecule has 0 saturated heterocycles. The standard InChI is InChI=1S/C20H17FN4O/c21-16-5-3-14(4-6-16)20(26)25-10-7-17-18(8-11-25)23-13-24-19(17)15-2-1-9-22-12-15/h1-6,9,12-13H,7-8,10-11H2. The van der Waals surface area contributed by atoms with Crippen LogP contribution >= 0.6 is 0 Å². The first-order valence-corrected chi connectivity index (χ1v) is 8.50. The number of hydrogen-bond donors (Lipinski definition) is 0. The highest BCUT2D eigenvalue weighted by Gasteiger charge is 2.23. The Bertz CT molecular complexity index is 928. The molecule has 1 aliphatic rings. The van der Waals surface area contributed by atoms with Crippen LogP contribution in [0.15, 0.2) is 55.1 Å². The smallest absolute Gasteiger partial charge is 0.253 e. The second-order valence-corrected chi connectivity index (χ2v) is 6.19. The van der Waals surface area contributed by atoms with Crippen LogP contribution in [0.3, 0.4) is 0 Å². The summed E-state index contributed by atoms with van der Waals surface area (Å²) in [6, 6.07) is 9.53. The van der Waals surface area contributed by atoms with Crippen LogP contribution in [0, 0.1) is 5.82 Å². The van der Waals surface area contributed by atoms with Crippen LogP contribution in [0.5, 0.6) is 0 Å². The Kier molecular flexibility index (Phi) is 4.39. The van der Waals surface area contributed by atoms with Crippen LogP contribution in [0.4, 0.5) is 4.39 Å². The van der Waals surface area contributed by atoms with Gasteiger partial charge in [-0.3, -0.25) is 9.78 Å². The maximum absolute atomic E-state index is 13.1. The van der Waals surface area contributed by atoms with E-state index in [1.165, 1.54) is 24.3 Å². The highest BCUT2D eigenvalue weighted by Crippen LogP contribution is 2.25. The molecule has 0 aliphatic carbocycles. The van der Waals surface area contributed by atoms with Crippen molar-refractivity contribution in [1.29, 1.82) is 0 Å². The number of amides is 1. The SMILES string of the molecule is O=C(c1ccc(F)cc1)N1CCc2ncnc(-c3cccnc3)c2CC1.